The SMILES string of the molecule is Cc1cc(B2OC(C)(C)C(C)(C)O2)cc2c1CCN(CCN1CCOCC1)C2. The molecule has 28 heavy (non-hydrogen) atoms. The molecule has 2 fully saturated rings. The van der Waals surface area contributed by atoms with Crippen LogP contribution in [0.15, 0.2) is 12.1 Å². The number of benzene rings is 1. The highest BCUT2D eigenvalue weighted by molar-refractivity contribution is 6.62. The van der Waals surface area contributed by atoms with Crippen molar-refractivity contribution in [2.75, 3.05) is 45.9 Å². The van der Waals surface area contributed by atoms with Crippen LogP contribution in [0.5, 0.6) is 0 Å². The normalized spacial score (nSPS) is 25.1. The molecule has 4 rings (SSSR count). The van der Waals surface area contributed by atoms with Gasteiger partial charge in [0.05, 0.1) is 24.4 Å². The first-order valence-electron chi connectivity index (χ1n) is 10.8. The van der Waals surface area contributed by atoms with Gasteiger partial charge in [0.25, 0.3) is 0 Å². The number of morpholine rings is 1. The summed E-state index contributed by atoms with van der Waals surface area (Å²) in [7, 11) is -0.280. The van der Waals surface area contributed by atoms with E-state index in [4.69, 9.17) is 14.0 Å². The highest BCUT2D eigenvalue weighted by Gasteiger charge is 2.51. The number of nitrogens with zero attached hydrogens (tertiary/aromatic N) is 2. The third-order valence-electron chi connectivity index (χ3n) is 7.02. The third kappa shape index (κ3) is 4.03. The summed E-state index contributed by atoms with van der Waals surface area (Å²) in [6.07, 6.45) is 1.13. The number of hydrogen-bond acceptors (Lipinski definition) is 5. The van der Waals surface area contributed by atoms with Gasteiger partial charge >= 0.3 is 7.12 Å². The topological polar surface area (TPSA) is 34.2 Å². The summed E-state index contributed by atoms with van der Waals surface area (Å²) >= 11 is 0. The molecular weight excluding hydrogens is 351 g/mol. The second-order valence-corrected chi connectivity index (χ2v) is 9.54. The van der Waals surface area contributed by atoms with E-state index < -0.39 is 0 Å². The first-order valence-corrected chi connectivity index (χ1v) is 10.8. The first kappa shape index (κ1) is 20.4. The van der Waals surface area contributed by atoms with E-state index >= 15 is 0 Å². The predicted octanol–water partition coefficient (Wildman–Crippen LogP) is 1.98. The monoisotopic (exact) mass is 386 g/mol. The summed E-state index contributed by atoms with van der Waals surface area (Å²) in [5.41, 5.74) is 4.89. The Morgan fingerprint density at radius 2 is 1.57 bits per heavy atom. The zero-order valence-corrected chi connectivity index (χ0v) is 18.2. The molecule has 3 aliphatic rings. The van der Waals surface area contributed by atoms with Crippen LogP contribution in [0.1, 0.15) is 44.4 Å². The molecule has 0 N–H and O–H groups in total. The Bertz CT molecular complexity index is 700. The van der Waals surface area contributed by atoms with E-state index in [1.165, 1.54) is 16.7 Å². The third-order valence-corrected chi connectivity index (χ3v) is 7.02. The van der Waals surface area contributed by atoms with Crippen molar-refractivity contribution in [2.45, 2.75) is 58.8 Å². The lowest BCUT2D eigenvalue weighted by molar-refractivity contribution is 0.00578. The molecule has 2 saturated heterocycles. The largest absolute Gasteiger partial charge is 0.494 e. The fourth-order valence-electron chi connectivity index (χ4n) is 4.42. The lowest BCUT2D eigenvalue weighted by Crippen LogP contribution is -2.43. The van der Waals surface area contributed by atoms with Crippen LogP contribution in [-0.2, 0) is 27.0 Å². The predicted molar refractivity (Wildman–Crippen MR) is 113 cm³/mol. The van der Waals surface area contributed by atoms with Crippen molar-refractivity contribution in [3.05, 3.63) is 28.8 Å². The van der Waals surface area contributed by atoms with Gasteiger partial charge in [-0.05, 0) is 63.2 Å². The van der Waals surface area contributed by atoms with Crippen molar-refractivity contribution < 1.29 is 14.0 Å². The van der Waals surface area contributed by atoms with Crippen molar-refractivity contribution in [1.82, 2.24) is 9.80 Å². The molecule has 1 aromatic rings. The molecule has 0 bridgehead atoms. The van der Waals surface area contributed by atoms with E-state index in [0.29, 0.717) is 0 Å². The highest BCUT2D eigenvalue weighted by atomic mass is 16.7. The van der Waals surface area contributed by atoms with Crippen molar-refractivity contribution in [3.8, 4) is 0 Å². The number of aryl methyl sites for hydroxylation is 1. The average molecular weight is 386 g/mol. The molecule has 0 spiro atoms. The Balaban J connectivity index is 1.45. The number of hydrogen-bond donors (Lipinski definition) is 0. The van der Waals surface area contributed by atoms with Gasteiger partial charge in [-0.25, -0.2) is 0 Å². The second kappa shape index (κ2) is 7.73. The van der Waals surface area contributed by atoms with Crippen LogP contribution in [-0.4, -0.2) is 74.1 Å². The standard InChI is InChI=1S/C22H35BN2O3/c1-17-14-19(23-27-21(2,3)22(4,5)28-23)15-18-16-25(7-6-20(17)18)9-8-24-10-12-26-13-11-24/h14-15H,6-13,16H2,1-5H3. The Labute approximate surface area is 170 Å². The molecule has 0 amide bonds. The maximum Gasteiger partial charge on any atom is 0.494 e. The average Bonchev–Trinajstić information content (AvgIpc) is 2.88. The van der Waals surface area contributed by atoms with Gasteiger partial charge < -0.3 is 14.0 Å². The van der Waals surface area contributed by atoms with Crippen molar-refractivity contribution in [2.24, 2.45) is 0 Å². The van der Waals surface area contributed by atoms with Crippen LogP contribution in [0.2, 0.25) is 0 Å². The molecular formula is C22H35BN2O3. The molecule has 154 valence electrons. The van der Waals surface area contributed by atoms with E-state index in [1.54, 1.807) is 0 Å². The van der Waals surface area contributed by atoms with Crippen LogP contribution in [0, 0.1) is 6.92 Å². The molecule has 0 saturated carbocycles. The van der Waals surface area contributed by atoms with E-state index in [1.807, 2.05) is 0 Å². The number of ether oxygens (including phenoxy) is 1. The molecule has 6 heteroatoms. The molecule has 1 aromatic carbocycles. The van der Waals surface area contributed by atoms with Crippen LogP contribution < -0.4 is 5.46 Å². The molecule has 0 aliphatic carbocycles. The second-order valence-electron chi connectivity index (χ2n) is 9.54. The first-order chi connectivity index (χ1) is 13.2. The van der Waals surface area contributed by atoms with Crippen molar-refractivity contribution in [1.29, 1.82) is 0 Å². The molecule has 3 aliphatic heterocycles. The Morgan fingerprint density at radius 1 is 0.929 bits per heavy atom. The molecule has 0 radical (unpaired) electrons. The van der Waals surface area contributed by atoms with E-state index in [0.717, 1.165) is 64.4 Å². The van der Waals surface area contributed by atoms with Gasteiger partial charge in [-0.3, -0.25) is 9.80 Å². The number of rotatable bonds is 4. The van der Waals surface area contributed by atoms with Gasteiger partial charge in [0.2, 0.25) is 0 Å². The smallest absolute Gasteiger partial charge is 0.399 e. The minimum absolute atomic E-state index is 0.280. The lowest BCUT2D eigenvalue weighted by atomic mass is 9.75. The summed E-state index contributed by atoms with van der Waals surface area (Å²) in [5.74, 6) is 0. The van der Waals surface area contributed by atoms with E-state index in [2.05, 4.69) is 56.6 Å². The zero-order chi connectivity index (χ0) is 19.9. The highest BCUT2D eigenvalue weighted by Crippen LogP contribution is 2.36. The molecule has 0 unspecified atom stereocenters. The molecule has 0 atom stereocenters. The van der Waals surface area contributed by atoms with Crippen LogP contribution in [0.3, 0.4) is 0 Å². The zero-order valence-electron chi connectivity index (χ0n) is 18.2. The van der Waals surface area contributed by atoms with Gasteiger partial charge in [-0.1, -0.05) is 12.1 Å². The van der Waals surface area contributed by atoms with Crippen LogP contribution in [0.4, 0.5) is 0 Å². The van der Waals surface area contributed by atoms with Gasteiger partial charge in [-0.2, -0.15) is 0 Å². The minimum Gasteiger partial charge on any atom is -0.399 e. The summed E-state index contributed by atoms with van der Waals surface area (Å²) < 4.78 is 18.1. The quantitative estimate of drug-likeness (QED) is 0.740. The molecule has 5 nitrogen and oxygen atoms in total. The summed E-state index contributed by atoms with van der Waals surface area (Å²) in [6.45, 7) is 19.0. The van der Waals surface area contributed by atoms with E-state index in [-0.39, 0.29) is 18.3 Å². The Morgan fingerprint density at radius 3 is 2.25 bits per heavy atom. The maximum absolute atomic E-state index is 6.30. The number of fused-ring (bicyclic) bond motifs is 1. The fraction of sp³-hybridized carbons (Fsp3) is 0.727. The molecule has 3 heterocycles. The van der Waals surface area contributed by atoms with Crippen LogP contribution in [0.25, 0.3) is 0 Å². The Kier molecular flexibility index (Phi) is 5.62. The van der Waals surface area contributed by atoms with Crippen LogP contribution >= 0.6 is 0 Å². The summed E-state index contributed by atoms with van der Waals surface area (Å²) in [6, 6.07) is 4.59. The maximum atomic E-state index is 6.30. The van der Waals surface area contributed by atoms with Crippen molar-refractivity contribution >= 4 is 12.6 Å². The summed E-state index contributed by atoms with van der Waals surface area (Å²) in [5, 5.41) is 0. The summed E-state index contributed by atoms with van der Waals surface area (Å²) in [4.78, 5) is 5.11. The van der Waals surface area contributed by atoms with Gasteiger partial charge in [0, 0.05) is 39.3 Å². The van der Waals surface area contributed by atoms with Gasteiger partial charge in [-0.15, -0.1) is 0 Å². The lowest BCUT2D eigenvalue weighted by Gasteiger charge is -2.33. The van der Waals surface area contributed by atoms with Crippen molar-refractivity contribution in [3.63, 3.8) is 0 Å². The van der Waals surface area contributed by atoms with Gasteiger partial charge in [0.1, 0.15) is 0 Å². The molecule has 0 aromatic heterocycles. The van der Waals surface area contributed by atoms with Gasteiger partial charge in [0.15, 0.2) is 0 Å². The fourth-order valence-corrected chi connectivity index (χ4v) is 4.42. The minimum atomic E-state index is -0.300. The van der Waals surface area contributed by atoms with E-state index in [9.17, 15) is 0 Å². The Hall–Kier alpha value is -0.915.